The summed E-state index contributed by atoms with van der Waals surface area (Å²) < 4.78 is 6.50. The molecule has 0 fully saturated rings. The van der Waals surface area contributed by atoms with Gasteiger partial charge < -0.3 is 15.0 Å². The maximum absolute atomic E-state index is 12.7. The number of ketones is 1. The van der Waals surface area contributed by atoms with Crippen LogP contribution in [-0.2, 0) is 16.1 Å². The lowest BCUT2D eigenvalue weighted by atomic mass is 10.1. The zero-order chi connectivity index (χ0) is 21.8. The second-order valence-corrected chi connectivity index (χ2v) is 6.77. The second kappa shape index (κ2) is 8.57. The summed E-state index contributed by atoms with van der Waals surface area (Å²) in [5.74, 6) is -1.45. The average Bonchev–Trinajstić information content (AvgIpc) is 3.38. The van der Waals surface area contributed by atoms with E-state index in [1.807, 2.05) is 24.3 Å². The summed E-state index contributed by atoms with van der Waals surface area (Å²) >= 11 is 0. The molecule has 2 heterocycles. The maximum atomic E-state index is 12.7. The summed E-state index contributed by atoms with van der Waals surface area (Å²) in [5, 5.41) is 13.9. The van der Waals surface area contributed by atoms with Crippen molar-refractivity contribution in [1.82, 2.24) is 25.2 Å². The highest BCUT2D eigenvalue weighted by molar-refractivity contribution is 6.10. The number of benzene rings is 2. The van der Waals surface area contributed by atoms with Crippen molar-refractivity contribution in [2.24, 2.45) is 0 Å². The van der Waals surface area contributed by atoms with E-state index in [0.29, 0.717) is 11.3 Å². The topological polar surface area (TPSA) is 132 Å². The number of Topliss-reactive ketones (excluding diaryl/α,β-unsaturated/α-hetero) is 1. The molecule has 0 atom stereocenters. The summed E-state index contributed by atoms with van der Waals surface area (Å²) in [6.45, 7) is 1.26. The standard InChI is InChI=1S/C21H18N6O4/c1-13-20(14-6-2-4-8-16(14)23-13)18(28)11-31-21(30)15-7-3-5-9-17(15)24-19(29)10-27-12-22-25-26-27/h2-9,12,23H,10-11H2,1H3,(H,24,29). The number of rotatable bonds is 7. The van der Waals surface area contributed by atoms with Crippen molar-refractivity contribution >= 4 is 34.3 Å². The molecule has 0 saturated carbocycles. The Labute approximate surface area is 176 Å². The third kappa shape index (κ3) is 4.32. The predicted molar refractivity (Wildman–Crippen MR) is 111 cm³/mol. The van der Waals surface area contributed by atoms with Gasteiger partial charge in [-0.1, -0.05) is 30.3 Å². The molecule has 0 aliphatic rings. The van der Waals surface area contributed by atoms with Gasteiger partial charge in [-0.3, -0.25) is 9.59 Å². The van der Waals surface area contributed by atoms with Gasteiger partial charge in [-0.05, 0) is 35.5 Å². The van der Waals surface area contributed by atoms with Crippen LogP contribution in [0, 0.1) is 6.92 Å². The number of nitrogens with one attached hydrogen (secondary N) is 2. The molecule has 0 aliphatic heterocycles. The van der Waals surface area contributed by atoms with Crippen molar-refractivity contribution in [2.75, 3.05) is 11.9 Å². The minimum absolute atomic E-state index is 0.116. The number of amides is 1. The predicted octanol–water partition coefficient (Wildman–Crippen LogP) is 2.14. The van der Waals surface area contributed by atoms with Gasteiger partial charge in [0.15, 0.2) is 6.61 Å². The summed E-state index contributed by atoms with van der Waals surface area (Å²) in [5.41, 5.74) is 2.44. The molecule has 31 heavy (non-hydrogen) atoms. The molecule has 2 N–H and O–H groups in total. The molecule has 0 aliphatic carbocycles. The summed E-state index contributed by atoms with van der Waals surface area (Å²) in [7, 11) is 0. The van der Waals surface area contributed by atoms with Gasteiger partial charge in [-0.2, -0.15) is 0 Å². The quantitative estimate of drug-likeness (QED) is 0.347. The molecular formula is C21H18N6O4. The molecule has 156 valence electrons. The lowest BCUT2D eigenvalue weighted by molar-refractivity contribution is -0.116. The number of carbonyl (C=O) groups is 3. The van der Waals surface area contributed by atoms with Crippen LogP contribution < -0.4 is 5.32 Å². The molecule has 0 bridgehead atoms. The van der Waals surface area contributed by atoms with Crippen LogP contribution in [0.15, 0.2) is 54.9 Å². The number of ether oxygens (including phenoxy) is 1. The fraction of sp³-hybridized carbons (Fsp3) is 0.143. The Morgan fingerprint density at radius 1 is 1.10 bits per heavy atom. The largest absolute Gasteiger partial charge is 0.454 e. The van der Waals surface area contributed by atoms with Crippen molar-refractivity contribution in [3.63, 3.8) is 0 Å². The molecule has 2 aromatic carbocycles. The first-order valence-electron chi connectivity index (χ1n) is 9.40. The summed E-state index contributed by atoms with van der Waals surface area (Å²) in [4.78, 5) is 40.7. The molecule has 2 aromatic heterocycles. The van der Waals surface area contributed by atoms with Crippen LogP contribution in [0.5, 0.6) is 0 Å². The number of hydrogen-bond donors (Lipinski definition) is 2. The Morgan fingerprint density at radius 3 is 2.68 bits per heavy atom. The van der Waals surface area contributed by atoms with Crippen LogP contribution in [0.1, 0.15) is 26.4 Å². The van der Waals surface area contributed by atoms with Gasteiger partial charge >= 0.3 is 5.97 Å². The first-order chi connectivity index (χ1) is 15.0. The van der Waals surface area contributed by atoms with Crippen LogP contribution in [-0.4, -0.2) is 49.5 Å². The van der Waals surface area contributed by atoms with E-state index < -0.39 is 18.5 Å². The fourth-order valence-electron chi connectivity index (χ4n) is 3.28. The van der Waals surface area contributed by atoms with Crippen molar-refractivity contribution in [3.8, 4) is 0 Å². The normalized spacial score (nSPS) is 10.7. The van der Waals surface area contributed by atoms with Crippen LogP contribution in [0.4, 0.5) is 5.69 Å². The number of aromatic amines is 1. The van der Waals surface area contributed by atoms with Gasteiger partial charge in [0.05, 0.1) is 11.3 Å². The number of hydrogen-bond acceptors (Lipinski definition) is 7. The third-order valence-corrected chi connectivity index (χ3v) is 4.62. The number of aryl methyl sites for hydroxylation is 1. The maximum Gasteiger partial charge on any atom is 0.340 e. The Balaban J connectivity index is 1.44. The number of nitrogens with zero attached hydrogens (tertiary/aromatic N) is 4. The first-order valence-corrected chi connectivity index (χ1v) is 9.40. The Kier molecular flexibility index (Phi) is 5.52. The van der Waals surface area contributed by atoms with Gasteiger partial charge in [0.25, 0.3) is 0 Å². The number of H-pyrrole nitrogens is 1. The molecular weight excluding hydrogens is 400 g/mol. The van der Waals surface area contributed by atoms with Crippen molar-refractivity contribution < 1.29 is 19.1 Å². The van der Waals surface area contributed by atoms with Gasteiger partial charge in [0.2, 0.25) is 11.7 Å². The minimum Gasteiger partial charge on any atom is -0.454 e. The van der Waals surface area contributed by atoms with E-state index in [-0.39, 0.29) is 23.6 Å². The van der Waals surface area contributed by atoms with Crippen molar-refractivity contribution in [2.45, 2.75) is 13.5 Å². The summed E-state index contributed by atoms with van der Waals surface area (Å²) in [6, 6.07) is 13.8. The van der Waals surface area contributed by atoms with Gasteiger partial charge in [0, 0.05) is 22.2 Å². The Bertz CT molecular complexity index is 1260. The molecule has 0 saturated heterocycles. The number of fused-ring (bicyclic) bond motifs is 1. The number of para-hydroxylation sites is 2. The highest BCUT2D eigenvalue weighted by Crippen LogP contribution is 2.23. The minimum atomic E-state index is -0.718. The fourth-order valence-corrected chi connectivity index (χ4v) is 3.28. The number of carbonyl (C=O) groups excluding carboxylic acids is 3. The molecule has 10 nitrogen and oxygen atoms in total. The second-order valence-electron chi connectivity index (χ2n) is 6.77. The van der Waals surface area contributed by atoms with E-state index >= 15 is 0 Å². The van der Waals surface area contributed by atoms with E-state index in [9.17, 15) is 14.4 Å². The van der Waals surface area contributed by atoms with Crippen molar-refractivity contribution in [3.05, 3.63) is 71.7 Å². The third-order valence-electron chi connectivity index (χ3n) is 4.62. The van der Waals surface area contributed by atoms with E-state index in [0.717, 1.165) is 10.9 Å². The van der Waals surface area contributed by atoms with Crippen LogP contribution in [0.25, 0.3) is 10.9 Å². The first kappa shape index (κ1) is 20.0. The molecule has 0 spiro atoms. The molecule has 1 amide bonds. The lowest BCUT2D eigenvalue weighted by Crippen LogP contribution is -2.21. The molecule has 0 radical (unpaired) electrons. The smallest absolute Gasteiger partial charge is 0.340 e. The molecule has 0 unspecified atom stereocenters. The summed E-state index contributed by atoms with van der Waals surface area (Å²) in [6.07, 6.45) is 1.30. The number of esters is 1. The molecule has 10 heteroatoms. The number of anilines is 1. The van der Waals surface area contributed by atoms with E-state index in [1.165, 1.54) is 17.1 Å². The zero-order valence-corrected chi connectivity index (χ0v) is 16.5. The molecule has 4 rings (SSSR count). The van der Waals surface area contributed by atoms with E-state index in [1.54, 1.807) is 25.1 Å². The zero-order valence-electron chi connectivity index (χ0n) is 16.5. The van der Waals surface area contributed by atoms with E-state index in [2.05, 4.69) is 25.8 Å². The SMILES string of the molecule is Cc1[nH]c2ccccc2c1C(=O)COC(=O)c1ccccc1NC(=O)Cn1cnnn1. The Hall–Kier alpha value is -4.34. The monoisotopic (exact) mass is 418 g/mol. The highest BCUT2D eigenvalue weighted by atomic mass is 16.5. The highest BCUT2D eigenvalue weighted by Gasteiger charge is 2.20. The number of tetrazole rings is 1. The van der Waals surface area contributed by atoms with Gasteiger partial charge in [-0.15, -0.1) is 5.10 Å². The van der Waals surface area contributed by atoms with Crippen LogP contribution in [0.3, 0.4) is 0 Å². The van der Waals surface area contributed by atoms with Gasteiger partial charge in [-0.25, -0.2) is 9.48 Å². The van der Waals surface area contributed by atoms with Crippen LogP contribution in [0.2, 0.25) is 0 Å². The van der Waals surface area contributed by atoms with Crippen LogP contribution >= 0.6 is 0 Å². The Morgan fingerprint density at radius 2 is 1.87 bits per heavy atom. The van der Waals surface area contributed by atoms with E-state index in [4.69, 9.17) is 4.74 Å². The lowest BCUT2D eigenvalue weighted by Gasteiger charge is -2.11. The number of aromatic nitrogens is 5. The van der Waals surface area contributed by atoms with Crippen molar-refractivity contribution in [1.29, 1.82) is 0 Å². The molecule has 4 aromatic rings. The van der Waals surface area contributed by atoms with Gasteiger partial charge in [0.1, 0.15) is 12.9 Å². The average molecular weight is 418 g/mol.